The quantitative estimate of drug-likeness (QED) is 0.644. The van der Waals surface area contributed by atoms with Crippen LogP contribution in [0.4, 0.5) is 11.4 Å². The molecule has 144 valence electrons. The molecule has 0 radical (unpaired) electrons. The molecule has 0 saturated carbocycles. The predicted octanol–water partition coefficient (Wildman–Crippen LogP) is 4.76. The van der Waals surface area contributed by atoms with Crippen molar-refractivity contribution in [1.82, 2.24) is 9.97 Å². The van der Waals surface area contributed by atoms with Gasteiger partial charge in [-0.2, -0.15) is 0 Å². The first-order chi connectivity index (χ1) is 13.6. The molecule has 6 heteroatoms. The van der Waals surface area contributed by atoms with Gasteiger partial charge in [0.15, 0.2) is 0 Å². The zero-order valence-corrected chi connectivity index (χ0v) is 16.3. The first kappa shape index (κ1) is 19.4. The summed E-state index contributed by atoms with van der Waals surface area (Å²) in [5.74, 6) is 0.798. The lowest BCUT2D eigenvalue weighted by atomic mass is 10.1. The van der Waals surface area contributed by atoms with Crippen molar-refractivity contribution in [1.29, 1.82) is 0 Å². The zero-order chi connectivity index (χ0) is 19.9. The van der Waals surface area contributed by atoms with E-state index in [1.807, 2.05) is 36.4 Å². The maximum atomic E-state index is 12.6. The second-order valence-corrected chi connectivity index (χ2v) is 6.55. The van der Waals surface area contributed by atoms with Gasteiger partial charge in [-0.25, -0.2) is 4.98 Å². The molecule has 0 bridgehead atoms. The highest BCUT2D eigenvalue weighted by Crippen LogP contribution is 2.23. The van der Waals surface area contributed by atoms with Gasteiger partial charge in [0.1, 0.15) is 5.75 Å². The van der Waals surface area contributed by atoms with E-state index in [4.69, 9.17) is 4.74 Å². The van der Waals surface area contributed by atoms with E-state index < -0.39 is 0 Å². The lowest BCUT2D eigenvalue weighted by molar-refractivity contribution is 0.102. The van der Waals surface area contributed by atoms with E-state index in [1.54, 1.807) is 24.5 Å². The third-order valence-corrected chi connectivity index (χ3v) is 4.28. The van der Waals surface area contributed by atoms with Gasteiger partial charge in [-0.15, -0.1) is 0 Å². The first-order valence-corrected chi connectivity index (χ1v) is 9.29. The molecule has 0 aliphatic heterocycles. The van der Waals surface area contributed by atoms with Gasteiger partial charge in [0.05, 0.1) is 6.20 Å². The zero-order valence-electron chi connectivity index (χ0n) is 16.3. The Hall–Kier alpha value is -3.41. The molecule has 1 heterocycles. The number of ether oxygens (including phenoxy) is 1. The van der Waals surface area contributed by atoms with Gasteiger partial charge in [0.25, 0.3) is 5.91 Å². The molecule has 3 rings (SSSR count). The average molecular weight is 376 g/mol. The number of anilines is 2. The molecule has 2 aromatic carbocycles. The van der Waals surface area contributed by atoms with Crippen LogP contribution in [0.5, 0.6) is 11.6 Å². The van der Waals surface area contributed by atoms with Crippen LogP contribution in [0.2, 0.25) is 0 Å². The number of benzene rings is 2. The Bertz CT molecular complexity index is 911. The molecular formula is C22H24N4O2. The minimum atomic E-state index is -0.171. The van der Waals surface area contributed by atoms with Gasteiger partial charge in [-0.05, 0) is 57.2 Å². The van der Waals surface area contributed by atoms with Crippen molar-refractivity contribution < 1.29 is 9.53 Å². The van der Waals surface area contributed by atoms with Crippen molar-refractivity contribution in [3.63, 3.8) is 0 Å². The first-order valence-electron chi connectivity index (χ1n) is 9.29. The fraction of sp³-hybridized carbons (Fsp3) is 0.227. The van der Waals surface area contributed by atoms with Crippen molar-refractivity contribution in [3.8, 4) is 11.6 Å². The largest absolute Gasteiger partial charge is 0.437 e. The van der Waals surface area contributed by atoms with E-state index in [-0.39, 0.29) is 5.91 Å². The minimum Gasteiger partial charge on any atom is -0.437 e. The van der Waals surface area contributed by atoms with E-state index in [0.717, 1.165) is 12.2 Å². The van der Waals surface area contributed by atoms with E-state index in [0.29, 0.717) is 28.9 Å². The molecule has 1 amide bonds. The van der Waals surface area contributed by atoms with E-state index in [2.05, 4.69) is 41.0 Å². The molecule has 0 aliphatic carbocycles. The minimum absolute atomic E-state index is 0.171. The summed E-state index contributed by atoms with van der Waals surface area (Å²) in [6.07, 6.45) is 4.67. The maximum Gasteiger partial charge on any atom is 0.255 e. The van der Waals surface area contributed by atoms with Crippen LogP contribution >= 0.6 is 0 Å². The fourth-order valence-corrected chi connectivity index (χ4v) is 2.95. The highest BCUT2D eigenvalue weighted by molar-refractivity contribution is 6.04. The molecular weight excluding hydrogens is 352 g/mol. The van der Waals surface area contributed by atoms with Crippen LogP contribution in [0.25, 0.3) is 0 Å². The van der Waals surface area contributed by atoms with Crippen LogP contribution in [0, 0.1) is 0 Å². The summed E-state index contributed by atoms with van der Waals surface area (Å²) in [6, 6.07) is 15.2. The van der Waals surface area contributed by atoms with Crippen LogP contribution in [-0.2, 0) is 0 Å². The van der Waals surface area contributed by atoms with Crippen LogP contribution in [-0.4, -0.2) is 28.5 Å². The lowest BCUT2D eigenvalue weighted by Gasteiger charge is -2.27. The number of nitrogens with zero attached hydrogens (tertiary/aromatic N) is 3. The molecule has 0 atom stereocenters. The normalized spacial score (nSPS) is 10.6. The van der Waals surface area contributed by atoms with E-state index in [9.17, 15) is 4.79 Å². The molecule has 28 heavy (non-hydrogen) atoms. The monoisotopic (exact) mass is 376 g/mol. The van der Waals surface area contributed by atoms with Crippen LogP contribution in [0.1, 0.15) is 31.1 Å². The Morgan fingerprint density at radius 2 is 1.93 bits per heavy atom. The molecule has 6 nitrogen and oxygen atoms in total. The third kappa shape index (κ3) is 4.85. The summed E-state index contributed by atoms with van der Waals surface area (Å²) in [4.78, 5) is 22.9. The Morgan fingerprint density at radius 3 is 2.57 bits per heavy atom. The van der Waals surface area contributed by atoms with Gasteiger partial charge in [-0.1, -0.05) is 6.07 Å². The molecule has 0 fully saturated rings. The van der Waals surface area contributed by atoms with Gasteiger partial charge < -0.3 is 15.0 Å². The summed E-state index contributed by atoms with van der Waals surface area (Å²) in [7, 11) is 0. The number of carbonyl (C=O) groups excluding carboxylic acids is 1. The van der Waals surface area contributed by atoms with Crippen LogP contribution in [0.15, 0.2) is 67.1 Å². The predicted molar refractivity (Wildman–Crippen MR) is 111 cm³/mol. The van der Waals surface area contributed by atoms with Crippen molar-refractivity contribution in [2.75, 3.05) is 16.8 Å². The Kier molecular flexibility index (Phi) is 6.22. The standard InChI is InChI=1S/C22H24N4O2/c1-4-26(16(2)3)19-10-8-17(9-11-19)22(27)25-18-6-5-7-20(14-18)28-21-15-23-12-13-24-21/h5-16H,4H2,1-3H3,(H,25,27). The number of rotatable bonds is 7. The van der Waals surface area contributed by atoms with Gasteiger partial charge in [0, 0.05) is 48.0 Å². The van der Waals surface area contributed by atoms with Crippen molar-refractivity contribution in [3.05, 3.63) is 72.7 Å². The van der Waals surface area contributed by atoms with Crippen molar-refractivity contribution in [2.45, 2.75) is 26.8 Å². The van der Waals surface area contributed by atoms with E-state index >= 15 is 0 Å². The van der Waals surface area contributed by atoms with Crippen LogP contribution in [0.3, 0.4) is 0 Å². The molecule has 1 aromatic heterocycles. The second-order valence-electron chi connectivity index (χ2n) is 6.55. The molecule has 1 N–H and O–H groups in total. The third-order valence-electron chi connectivity index (χ3n) is 4.28. The lowest BCUT2D eigenvalue weighted by Crippen LogP contribution is -2.30. The topological polar surface area (TPSA) is 67.4 Å². The number of nitrogens with one attached hydrogen (secondary N) is 1. The highest BCUT2D eigenvalue weighted by atomic mass is 16.5. The second kappa shape index (κ2) is 8.99. The average Bonchev–Trinajstić information content (AvgIpc) is 2.70. The van der Waals surface area contributed by atoms with Crippen molar-refractivity contribution >= 4 is 17.3 Å². The van der Waals surface area contributed by atoms with Gasteiger partial charge >= 0.3 is 0 Å². The van der Waals surface area contributed by atoms with Gasteiger partial charge in [-0.3, -0.25) is 9.78 Å². The molecule has 0 unspecified atom stereocenters. The van der Waals surface area contributed by atoms with Crippen molar-refractivity contribution in [2.24, 2.45) is 0 Å². The molecule has 3 aromatic rings. The Labute approximate surface area is 165 Å². The number of carbonyl (C=O) groups is 1. The highest BCUT2D eigenvalue weighted by Gasteiger charge is 2.11. The SMILES string of the molecule is CCN(c1ccc(C(=O)Nc2cccc(Oc3cnccn3)c2)cc1)C(C)C. The smallest absolute Gasteiger partial charge is 0.255 e. The fourth-order valence-electron chi connectivity index (χ4n) is 2.95. The van der Waals surface area contributed by atoms with Crippen LogP contribution < -0.4 is 15.0 Å². The number of amides is 1. The summed E-state index contributed by atoms with van der Waals surface area (Å²) in [5.41, 5.74) is 2.35. The van der Waals surface area contributed by atoms with E-state index in [1.165, 1.54) is 6.20 Å². The molecule has 0 aliphatic rings. The number of hydrogen-bond donors (Lipinski definition) is 1. The molecule has 0 saturated heterocycles. The maximum absolute atomic E-state index is 12.6. The number of aromatic nitrogens is 2. The summed E-state index contributed by atoms with van der Waals surface area (Å²) in [6.45, 7) is 7.35. The van der Waals surface area contributed by atoms with Gasteiger partial charge in [0.2, 0.25) is 5.88 Å². The summed E-state index contributed by atoms with van der Waals surface area (Å²) < 4.78 is 5.65. The Balaban J connectivity index is 1.68. The summed E-state index contributed by atoms with van der Waals surface area (Å²) >= 11 is 0. The molecule has 0 spiro atoms. The number of hydrogen-bond acceptors (Lipinski definition) is 5. The Morgan fingerprint density at radius 1 is 1.14 bits per heavy atom. The summed E-state index contributed by atoms with van der Waals surface area (Å²) in [5, 5.41) is 2.90.